The molecule has 0 aromatic heterocycles. The molecule has 0 heterocycles. The normalized spacial score (nSPS) is 11.5. The fraction of sp³-hybridized carbons (Fsp3) is 0.250. The number of hydrogen-bond acceptors (Lipinski definition) is 2. The molecule has 0 aliphatic heterocycles. The number of nitrogens with one attached hydrogen (secondary N) is 2. The Bertz CT molecular complexity index is 322. The number of benzene rings is 1. The van der Waals surface area contributed by atoms with Crippen LogP contribution in [0.2, 0.25) is 0 Å². The molecule has 80 valence electrons. The Hall–Kier alpha value is -1.77. The third kappa shape index (κ3) is 3.85. The Labute approximate surface area is 90.2 Å². The van der Waals surface area contributed by atoms with Crippen molar-refractivity contribution in [3.8, 4) is 0 Å². The molecule has 15 heavy (non-hydrogen) atoms. The van der Waals surface area contributed by atoms with E-state index in [2.05, 4.69) is 17.2 Å². The third-order valence-electron chi connectivity index (χ3n) is 1.97. The van der Waals surface area contributed by atoms with Gasteiger partial charge in [-0.25, -0.2) is 0 Å². The fourth-order valence-corrected chi connectivity index (χ4v) is 1.18. The van der Waals surface area contributed by atoms with E-state index < -0.39 is 0 Å². The molecule has 0 saturated carbocycles. The molecule has 2 N–H and O–H groups in total. The second-order valence-electron chi connectivity index (χ2n) is 3.27. The van der Waals surface area contributed by atoms with Gasteiger partial charge in [0.25, 0.3) is 0 Å². The maximum absolute atomic E-state index is 11.5. The molecule has 1 aromatic carbocycles. The molecule has 0 bridgehead atoms. The first kappa shape index (κ1) is 11.3. The number of carbonyl (C=O) groups excluding carboxylic acids is 1. The molecule has 1 amide bonds. The first-order chi connectivity index (χ1) is 7.24. The van der Waals surface area contributed by atoms with Crippen LogP contribution in [0.25, 0.3) is 0 Å². The number of hydrogen-bond donors (Lipinski definition) is 2. The van der Waals surface area contributed by atoms with E-state index >= 15 is 0 Å². The Morgan fingerprint density at radius 2 is 2.13 bits per heavy atom. The van der Waals surface area contributed by atoms with Gasteiger partial charge in [0.15, 0.2) is 0 Å². The molecule has 1 atom stereocenters. The Balaban J connectivity index is 2.45. The molecule has 0 aliphatic rings. The topological polar surface area (TPSA) is 41.1 Å². The van der Waals surface area contributed by atoms with Crippen LogP contribution in [0.4, 0.5) is 5.69 Å². The first-order valence-corrected chi connectivity index (χ1v) is 4.94. The van der Waals surface area contributed by atoms with E-state index in [9.17, 15) is 4.79 Å². The van der Waals surface area contributed by atoms with Gasteiger partial charge < -0.3 is 10.6 Å². The van der Waals surface area contributed by atoms with E-state index in [0.29, 0.717) is 6.54 Å². The number of carbonyl (C=O) groups is 1. The van der Waals surface area contributed by atoms with E-state index in [0.717, 1.165) is 5.69 Å². The van der Waals surface area contributed by atoms with Crippen molar-refractivity contribution >= 4 is 11.6 Å². The smallest absolute Gasteiger partial charge is 0.242 e. The molecule has 0 fully saturated rings. The summed E-state index contributed by atoms with van der Waals surface area (Å²) in [5, 5.41) is 5.84. The van der Waals surface area contributed by atoms with Crippen molar-refractivity contribution in [2.24, 2.45) is 0 Å². The molecule has 1 aromatic rings. The van der Waals surface area contributed by atoms with Gasteiger partial charge in [-0.2, -0.15) is 0 Å². The fourth-order valence-electron chi connectivity index (χ4n) is 1.18. The summed E-state index contributed by atoms with van der Waals surface area (Å²) >= 11 is 0. The maximum Gasteiger partial charge on any atom is 0.242 e. The van der Waals surface area contributed by atoms with E-state index in [1.165, 1.54) is 0 Å². The Morgan fingerprint density at radius 3 is 2.73 bits per heavy atom. The van der Waals surface area contributed by atoms with Crippen molar-refractivity contribution in [1.82, 2.24) is 5.32 Å². The lowest BCUT2D eigenvalue weighted by atomic mass is 10.2. The van der Waals surface area contributed by atoms with E-state index in [4.69, 9.17) is 0 Å². The largest absolute Gasteiger partial charge is 0.374 e. The zero-order valence-corrected chi connectivity index (χ0v) is 8.86. The quantitative estimate of drug-likeness (QED) is 0.718. The maximum atomic E-state index is 11.5. The first-order valence-electron chi connectivity index (χ1n) is 4.94. The lowest BCUT2D eigenvalue weighted by molar-refractivity contribution is -0.121. The number of para-hydroxylation sites is 1. The van der Waals surface area contributed by atoms with E-state index in [1.54, 1.807) is 6.08 Å². The van der Waals surface area contributed by atoms with Crippen LogP contribution >= 0.6 is 0 Å². The molecule has 3 nitrogen and oxygen atoms in total. The minimum absolute atomic E-state index is 0.0289. The van der Waals surface area contributed by atoms with Gasteiger partial charge in [0.2, 0.25) is 5.91 Å². The molecule has 0 spiro atoms. The molecule has 0 aliphatic carbocycles. The SMILES string of the molecule is C=CCNC(=O)C(C)Nc1ccccc1. The standard InChI is InChI=1S/C12H16N2O/c1-3-9-13-12(15)10(2)14-11-7-5-4-6-8-11/h3-8,10,14H,1,9H2,2H3,(H,13,15). The summed E-state index contributed by atoms with van der Waals surface area (Å²) in [5.74, 6) is -0.0289. The van der Waals surface area contributed by atoms with Gasteiger partial charge in [-0.15, -0.1) is 6.58 Å². The van der Waals surface area contributed by atoms with Crippen LogP contribution in [0.5, 0.6) is 0 Å². The third-order valence-corrected chi connectivity index (χ3v) is 1.97. The average Bonchev–Trinajstić information content (AvgIpc) is 2.27. The van der Waals surface area contributed by atoms with E-state index in [-0.39, 0.29) is 11.9 Å². The van der Waals surface area contributed by atoms with Gasteiger partial charge in [0, 0.05) is 12.2 Å². The van der Waals surface area contributed by atoms with Crippen molar-refractivity contribution in [2.45, 2.75) is 13.0 Å². The van der Waals surface area contributed by atoms with Crippen LogP contribution in [0, 0.1) is 0 Å². The van der Waals surface area contributed by atoms with Crippen molar-refractivity contribution in [2.75, 3.05) is 11.9 Å². The highest BCUT2D eigenvalue weighted by atomic mass is 16.2. The van der Waals surface area contributed by atoms with Gasteiger partial charge >= 0.3 is 0 Å². The summed E-state index contributed by atoms with van der Waals surface area (Å²) in [4.78, 5) is 11.5. The van der Waals surface area contributed by atoms with Crippen molar-refractivity contribution in [3.63, 3.8) is 0 Å². The van der Waals surface area contributed by atoms with Crippen molar-refractivity contribution in [1.29, 1.82) is 0 Å². The summed E-state index contributed by atoms with van der Waals surface area (Å²) in [7, 11) is 0. The second-order valence-corrected chi connectivity index (χ2v) is 3.27. The molecular weight excluding hydrogens is 188 g/mol. The molecule has 1 unspecified atom stereocenters. The van der Waals surface area contributed by atoms with Crippen molar-refractivity contribution in [3.05, 3.63) is 43.0 Å². The van der Waals surface area contributed by atoms with Gasteiger partial charge in [0.05, 0.1) is 0 Å². The summed E-state index contributed by atoms with van der Waals surface area (Å²) in [6.45, 7) is 5.87. The van der Waals surface area contributed by atoms with Crippen molar-refractivity contribution < 1.29 is 4.79 Å². The number of anilines is 1. The van der Waals surface area contributed by atoms with Crippen LogP contribution in [-0.2, 0) is 4.79 Å². The summed E-state index contributed by atoms with van der Waals surface area (Å²) in [5.41, 5.74) is 0.943. The lowest BCUT2D eigenvalue weighted by Crippen LogP contribution is -2.37. The van der Waals surface area contributed by atoms with Gasteiger partial charge in [0.1, 0.15) is 6.04 Å². The van der Waals surface area contributed by atoms with Crippen LogP contribution in [0.3, 0.4) is 0 Å². The highest BCUT2D eigenvalue weighted by Gasteiger charge is 2.10. The molecule has 3 heteroatoms. The number of amides is 1. The van der Waals surface area contributed by atoms with Crippen LogP contribution in [0.1, 0.15) is 6.92 Å². The Morgan fingerprint density at radius 1 is 1.47 bits per heavy atom. The van der Waals surface area contributed by atoms with Crippen LogP contribution in [0.15, 0.2) is 43.0 Å². The zero-order chi connectivity index (χ0) is 11.1. The zero-order valence-electron chi connectivity index (χ0n) is 8.86. The molecule has 0 saturated heterocycles. The Kier molecular flexibility index (Phi) is 4.41. The number of rotatable bonds is 5. The molecule has 0 radical (unpaired) electrons. The summed E-state index contributed by atoms with van der Waals surface area (Å²) in [6, 6.07) is 9.41. The van der Waals surface area contributed by atoms with Crippen LogP contribution < -0.4 is 10.6 Å². The predicted molar refractivity (Wildman–Crippen MR) is 62.7 cm³/mol. The van der Waals surface area contributed by atoms with Gasteiger partial charge in [-0.1, -0.05) is 24.3 Å². The molecule has 1 rings (SSSR count). The predicted octanol–water partition coefficient (Wildman–Crippen LogP) is 1.79. The lowest BCUT2D eigenvalue weighted by Gasteiger charge is -2.14. The average molecular weight is 204 g/mol. The van der Waals surface area contributed by atoms with Crippen LogP contribution in [-0.4, -0.2) is 18.5 Å². The summed E-state index contributed by atoms with van der Waals surface area (Å²) < 4.78 is 0. The summed E-state index contributed by atoms with van der Waals surface area (Å²) in [6.07, 6.45) is 1.66. The van der Waals surface area contributed by atoms with Gasteiger partial charge in [-0.05, 0) is 19.1 Å². The highest BCUT2D eigenvalue weighted by molar-refractivity contribution is 5.84. The van der Waals surface area contributed by atoms with E-state index in [1.807, 2.05) is 37.3 Å². The second kappa shape index (κ2) is 5.86. The molecular formula is C12H16N2O. The van der Waals surface area contributed by atoms with Gasteiger partial charge in [-0.3, -0.25) is 4.79 Å². The minimum Gasteiger partial charge on any atom is -0.374 e. The monoisotopic (exact) mass is 204 g/mol. The highest BCUT2D eigenvalue weighted by Crippen LogP contribution is 2.06. The minimum atomic E-state index is -0.243.